The Bertz CT molecular complexity index is 3190. The van der Waals surface area contributed by atoms with E-state index in [2.05, 4.69) is 216 Å². The molecule has 2 nitrogen and oxygen atoms in total. The molecule has 0 amide bonds. The van der Waals surface area contributed by atoms with Gasteiger partial charge in [0.25, 0.3) is 0 Å². The second-order valence-electron chi connectivity index (χ2n) is 14.1. The molecule has 258 valence electrons. The zero-order chi connectivity index (χ0) is 36.3. The van der Waals surface area contributed by atoms with Crippen LogP contribution in [0.4, 0.5) is 17.1 Å². The van der Waals surface area contributed by atoms with Crippen LogP contribution in [0, 0.1) is 0 Å². The number of hydrogen-bond donors (Lipinski definition) is 0. The Morgan fingerprint density at radius 2 is 1.04 bits per heavy atom. The van der Waals surface area contributed by atoms with Crippen molar-refractivity contribution in [2.24, 2.45) is 0 Å². The number of anilines is 3. The third-order valence-corrected chi connectivity index (χ3v) is 12.1. The van der Waals surface area contributed by atoms with Crippen molar-refractivity contribution >= 4 is 81.1 Å². The molecule has 3 heteroatoms. The van der Waals surface area contributed by atoms with Crippen LogP contribution in [0.1, 0.15) is 0 Å². The van der Waals surface area contributed by atoms with Crippen molar-refractivity contribution in [3.05, 3.63) is 206 Å². The first-order chi connectivity index (χ1) is 27.3. The molecule has 0 aliphatic rings. The lowest BCUT2D eigenvalue weighted by molar-refractivity contribution is 1.18. The Kier molecular flexibility index (Phi) is 7.39. The molecule has 0 aliphatic carbocycles. The van der Waals surface area contributed by atoms with Crippen molar-refractivity contribution in [2.75, 3.05) is 4.90 Å². The lowest BCUT2D eigenvalue weighted by Crippen LogP contribution is -2.11. The van der Waals surface area contributed by atoms with E-state index < -0.39 is 0 Å². The molecule has 9 aromatic carbocycles. The summed E-state index contributed by atoms with van der Waals surface area (Å²) in [5.74, 6) is 0. The van der Waals surface area contributed by atoms with Crippen LogP contribution in [0.5, 0.6) is 0 Å². The van der Waals surface area contributed by atoms with Gasteiger partial charge in [-0.25, -0.2) is 0 Å². The first kappa shape index (κ1) is 31.6. The monoisotopic (exact) mass is 718 g/mol. The van der Waals surface area contributed by atoms with Gasteiger partial charge in [0.2, 0.25) is 0 Å². The number of thiophene rings is 1. The summed E-state index contributed by atoms with van der Waals surface area (Å²) in [6, 6.07) is 75.2. The molecule has 0 spiro atoms. The predicted molar refractivity (Wildman–Crippen MR) is 237 cm³/mol. The number of hydrogen-bond acceptors (Lipinski definition) is 2. The van der Waals surface area contributed by atoms with Gasteiger partial charge < -0.3 is 9.47 Å². The lowest BCUT2D eigenvalue weighted by atomic mass is 9.93. The minimum atomic E-state index is 1.10. The van der Waals surface area contributed by atoms with Gasteiger partial charge in [-0.3, -0.25) is 0 Å². The van der Waals surface area contributed by atoms with E-state index in [-0.39, 0.29) is 0 Å². The predicted octanol–water partition coefficient (Wildman–Crippen LogP) is 15.1. The highest BCUT2D eigenvalue weighted by atomic mass is 32.1. The van der Waals surface area contributed by atoms with Crippen molar-refractivity contribution in [3.8, 4) is 27.9 Å². The molecule has 2 heterocycles. The zero-order valence-electron chi connectivity index (χ0n) is 29.9. The van der Waals surface area contributed by atoms with Crippen molar-refractivity contribution in [1.82, 2.24) is 4.57 Å². The van der Waals surface area contributed by atoms with Gasteiger partial charge >= 0.3 is 0 Å². The third-order valence-electron chi connectivity index (χ3n) is 11.0. The molecule has 0 saturated carbocycles. The van der Waals surface area contributed by atoms with Gasteiger partial charge in [-0.2, -0.15) is 0 Å². The van der Waals surface area contributed by atoms with E-state index in [0.29, 0.717) is 0 Å². The number of benzene rings is 9. The van der Waals surface area contributed by atoms with Gasteiger partial charge in [0.05, 0.1) is 16.7 Å². The number of nitrogens with zero attached hydrogens (tertiary/aromatic N) is 2. The molecule has 0 bridgehead atoms. The van der Waals surface area contributed by atoms with Crippen LogP contribution in [-0.2, 0) is 0 Å². The van der Waals surface area contributed by atoms with E-state index in [1.165, 1.54) is 75.0 Å². The Morgan fingerprint density at radius 1 is 0.400 bits per heavy atom. The van der Waals surface area contributed by atoms with Crippen LogP contribution in [-0.4, -0.2) is 4.57 Å². The normalized spacial score (nSPS) is 11.6. The molecule has 0 radical (unpaired) electrons. The fourth-order valence-electron chi connectivity index (χ4n) is 8.52. The number of para-hydroxylation sites is 1. The second kappa shape index (κ2) is 12.9. The molecule has 11 aromatic rings. The number of rotatable bonds is 6. The molecule has 0 atom stereocenters. The molecule has 0 saturated heterocycles. The topological polar surface area (TPSA) is 8.17 Å². The minimum Gasteiger partial charge on any atom is -0.310 e. The first-order valence-corrected chi connectivity index (χ1v) is 19.6. The van der Waals surface area contributed by atoms with Gasteiger partial charge in [-0.15, -0.1) is 11.3 Å². The first-order valence-electron chi connectivity index (χ1n) is 18.8. The van der Waals surface area contributed by atoms with E-state index in [0.717, 1.165) is 22.7 Å². The van der Waals surface area contributed by atoms with Gasteiger partial charge in [0.1, 0.15) is 0 Å². The van der Waals surface area contributed by atoms with Crippen molar-refractivity contribution in [2.45, 2.75) is 0 Å². The summed E-state index contributed by atoms with van der Waals surface area (Å²) < 4.78 is 5.01. The third kappa shape index (κ3) is 5.16. The Morgan fingerprint density at radius 3 is 1.84 bits per heavy atom. The van der Waals surface area contributed by atoms with Crippen LogP contribution >= 0.6 is 11.3 Å². The van der Waals surface area contributed by atoms with Gasteiger partial charge in [0, 0.05) is 53.4 Å². The number of fused-ring (bicyclic) bond motifs is 8. The van der Waals surface area contributed by atoms with Crippen LogP contribution in [0.3, 0.4) is 0 Å². The van der Waals surface area contributed by atoms with E-state index >= 15 is 0 Å². The average molecular weight is 719 g/mol. The molecule has 55 heavy (non-hydrogen) atoms. The van der Waals surface area contributed by atoms with Gasteiger partial charge in [-0.05, 0) is 88.3 Å². The smallest absolute Gasteiger partial charge is 0.0619 e. The van der Waals surface area contributed by atoms with E-state index in [9.17, 15) is 0 Å². The van der Waals surface area contributed by atoms with Crippen LogP contribution in [0.2, 0.25) is 0 Å². The molecule has 0 aliphatic heterocycles. The summed E-state index contributed by atoms with van der Waals surface area (Å²) >= 11 is 1.86. The van der Waals surface area contributed by atoms with Crippen molar-refractivity contribution in [3.63, 3.8) is 0 Å². The maximum absolute atomic E-state index is 2.45. The zero-order valence-corrected chi connectivity index (χ0v) is 30.7. The summed E-state index contributed by atoms with van der Waals surface area (Å²) in [6.45, 7) is 0. The highest BCUT2D eigenvalue weighted by molar-refractivity contribution is 7.26. The lowest BCUT2D eigenvalue weighted by Gasteiger charge is -2.28. The molecular formula is C52H34N2S. The van der Waals surface area contributed by atoms with E-state index in [4.69, 9.17) is 0 Å². The Balaban J connectivity index is 1.15. The Labute approximate surface area is 323 Å². The molecular weight excluding hydrogens is 685 g/mol. The van der Waals surface area contributed by atoms with Crippen molar-refractivity contribution in [1.29, 1.82) is 0 Å². The number of aromatic nitrogens is 1. The highest BCUT2D eigenvalue weighted by Crippen LogP contribution is 2.47. The fourth-order valence-corrected chi connectivity index (χ4v) is 9.64. The maximum Gasteiger partial charge on any atom is 0.0619 e. The molecule has 11 rings (SSSR count). The average Bonchev–Trinajstić information content (AvgIpc) is 3.81. The standard InChI is InChI=1S/C52H34N2S/c1-3-14-35(15-4-1)41-33-31-40(34-46(41)36-16-5-2-6-17-36)53(48-23-13-25-50-51(48)45-21-10-12-24-49(45)55-50)38-27-29-39(30-28-38)54-47-22-11-9-20-43(47)44-32-26-37-18-7-8-19-42(37)52(44)54/h1-34H. The maximum atomic E-state index is 2.45. The van der Waals surface area contributed by atoms with Crippen molar-refractivity contribution < 1.29 is 0 Å². The highest BCUT2D eigenvalue weighted by Gasteiger charge is 2.21. The summed E-state index contributed by atoms with van der Waals surface area (Å²) in [7, 11) is 0. The van der Waals surface area contributed by atoms with Crippen LogP contribution in [0.15, 0.2) is 206 Å². The Hall–Kier alpha value is -6.94. The largest absolute Gasteiger partial charge is 0.310 e. The van der Waals surface area contributed by atoms with Gasteiger partial charge in [-0.1, -0.05) is 146 Å². The molecule has 0 N–H and O–H groups in total. The summed E-state index contributed by atoms with van der Waals surface area (Å²) in [5.41, 5.74) is 11.8. The van der Waals surface area contributed by atoms with E-state index in [1.807, 2.05) is 11.3 Å². The minimum absolute atomic E-state index is 1.10. The second-order valence-corrected chi connectivity index (χ2v) is 15.2. The fraction of sp³-hybridized carbons (Fsp3) is 0. The van der Waals surface area contributed by atoms with E-state index in [1.54, 1.807) is 0 Å². The van der Waals surface area contributed by atoms with Crippen LogP contribution in [0.25, 0.3) is 80.7 Å². The van der Waals surface area contributed by atoms with Gasteiger partial charge in [0.15, 0.2) is 0 Å². The van der Waals surface area contributed by atoms with Crippen LogP contribution < -0.4 is 4.90 Å². The SMILES string of the molecule is c1ccc(-c2ccc(N(c3ccc(-n4c5ccccc5c5ccc6ccccc6c54)cc3)c3cccc4sc5ccccc5c34)cc2-c2ccccc2)cc1. The molecule has 2 aromatic heterocycles. The quantitative estimate of drug-likeness (QED) is 0.166. The molecule has 0 fully saturated rings. The summed E-state index contributed by atoms with van der Waals surface area (Å²) in [6.07, 6.45) is 0. The molecule has 0 unspecified atom stereocenters. The summed E-state index contributed by atoms with van der Waals surface area (Å²) in [5, 5.41) is 7.58. The summed E-state index contributed by atoms with van der Waals surface area (Å²) in [4.78, 5) is 2.45.